The van der Waals surface area contributed by atoms with Gasteiger partial charge in [0.25, 0.3) is 5.91 Å². The van der Waals surface area contributed by atoms with Gasteiger partial charge < -0.3 is 25.1 Å². The first-order valence-corrected chi connectivity index (χ1v) is 11.2. The number of piperidine rings is 1. The van der Waals surface area contributed by atoms with Gasteiger partial charge in [-0.2, -0.15) is 0 Å². The lowest BCUT2D eigenvalue weighted by atomic mass is 9.89. The first kappa shape index (κ1) is 22.5. The molecule has 0 saturated carbocycles. The molecule has 3 aromatic rings. The van der Waals surface area contributed by atoms with E-state index in [9.17, 15) is 18.0 Å². The normalized spacial score (nSPS) is 19.6. The Morgan fingerprint density at radius 2 is 1.97 bits per heavy atom. The summed E-state index contributed by atoms with van der Waals surface area (Å²) in [6.45, 7) is 2.39. The quantitative estimate of drug-likeness (QED) is 0.554. The van der Waals surface area contributed by atoms with E-state index in [1.165, 1.54) is 6.07 Å². The van der Waals surface area contributed by atoms with Gasteiger partial charge in [0.1, 0.15) is 17.1 Å². The Labute approximate surface area is 193 Å². The summed E-state index contributed by atoms with van der Waals surface area (Å²) in [4.78, 5) is 27.2. The number of nitrogens with two attached hydrogens (primary N) is 1. The van der Waals surface area contributed by atoms with Gasteiger partial charge in [-0.05, 0) is 48.9 Å². The number of carbonyl (C=O) groups is 1. The molecule has 1 amide bonds. The monoisotopic (exact) mass is 475 g/mol. The van der Waals surface area contributed by atoms with Crippen LogP contribution in [0.25, 0.3) is 11.2 Å². The number of anilines is 1. The van der Waals surface area contributed by atoms with Crippen molar-refractivity contribution in [3.8, 4) is 5.75 Å². The molecule has 5 rings (SSSR count). The third-order valence-electron chi connectivity index (χ3n) is 6.46. The van der Waals surface area contributed by atoms with Crippen molar-refractivity contribution >= 4 is 22.8 Å². The van der Waals surface area contributed by atoms with Crippen molar-refractivity contribution in [2.45, 2.75) is 37.5 Å². The van der Waals surface area contributed by atoms with Gasteiger partial charge in [0, 0.05) is 43.6 Å². The van der Waals surface area contributed by atoms with Crippen LogP contribution < -0.4 is 10.5 Å². The minimum atomic E-state index is -4.82. The maximum atomic E-state index is 13.0. The molecule has 1 atom stereocenters. The summed E-state index contributed by atoms with van der Waals surface area (Å²) in [6.07, 6.45) is -0.655. The van der Waals surface area contributed by atoms with Crippen molar-refractivity contribution in [2.24, 2.45) is 0 Å². The summed E-state index contributed by atoms with van der Waals surface area (Å²) in [5.74, 6) is 0.598. The van der Waals surface area contributed by atoms with Gasteiger partial charge in [-0.1, -0.05) is 0 Å². The number of halogens is 3. The Balaban J connectivity index is 1.28. The van der Waals surface area contributed by atoms with Crippen LogP contribution in [0, 0.1) is 0 Å². The van der Waals surface area contributed by atoms with E-state index in [2.05, 4.69) is 14.7 Å². The van der Waals surface area contributed by atoms with Crippen LogP contribution in [0.1, 0.15) is 52.8 Å². The number of H-pyrrole nitrogens is 1. The second-order valence-electron chi connectivity index (χ2n) is 8.64. The van der Waals surface area contributed by atoms with Crippen molar-refractivity contribution in [3.63, 3.8) is 0 Å². The summed E-state index contributed by atoms with van der Waals surface area (Å²) in [5.41, 5.74) is 8.69. The fourth-order valence-corrected chi connectivity index (χ4v) is 4.72. The molecule has 1 unspecified atom stereocenters. The highest BCUT2D eigenvalue weighted by atomic mass is 19.4. The largest absolute Gasteiger partial charge is 0.573 e. The Morgan fingerprint density at radius 3 is 2.65 bits per heavy atom. The molecular weight excluding hydrogens is 451 g/mol. The predicted molar refractivity (Wildman–Crippen MR) is 117 cm³/mol. The van der Waals surface area contributed by atoms with Gasteiger partial charge in [-0.3, -0.25) is 4.79 Å². The van der Waals surface area contributed by atoms with E-state index in [-0.39, 0.29) is 29.0 Å². The van der Waals surface area contributed by atoms with Gasteiger partial charge in [-0.15, -0.1) is 13.2 Å². The number of aromatic amines is 1. The number of rotatable bonds is 4. The van der Waals surface area contributed by atoms with Crippen molar-refractivity contribution in [1.29, 1.82) is 0 Å². The number of likely N-dealkylation sites (tertiary alicyclic amines) is 1. The molecule has 4 heterocycles. The zero-order chi connectivity index (χ0) is 23.9. The average molecular weight is 475 g/mol. The minimum Gasteiger partial charge on any atom is -0.406 e. The lowest BCUT2D eigenvalue weighted by molar-refractivity contribution is -0.274. The van der Waals surface area contributed by atoms with Gasteiger partial charge in [-0.25, -0.2) is 9.97 Å². The van der Waals surface area contributed by atoms with E-state index < -0.39 is 12.1 Å². The molecule has 11 heteroatoms. The molecular formula is C23H24F3N5O3. The van der Waals surface area contributed by atoms with Gasteiger partial charge in [0.05, 0.1) is 12.2 Å². The molecule has 2 aliphatic rings. The summed E-state index contributed by atoms with van der Waals surface area (Å²) in [6, 6.07) is 5.38. The second kappa shape index (κ2) is 8.79. The number of nitrogens with zero attached hydrogens (tertiary/aromatic N) is 3. The lowest BCUT2D eigenvalue weighted by Gasteiger charge is -2.32. The highest BCUT2D eigenvalue weighted by molar-refractivity contribution is 5.99. The van der Waals surface area contributed by atoms with Crippen LogP contribution in [0.5, 0.6) is 5.75 Å². The number of nitrogens with one attached hydrogen (secondary N) is 1. The molecule has 34 heavy (non-hydrogen) atoms. The van der Waals surface area contributed by atoms with Crippen LogP contribution in [0.2, 0.25) is 0 Å². The maximum Gasteiger partial charge on any atom is 0.573 e. The smallest absolute Gasteiger partial charge is 0.406 e. The van der Waals surface area contributed by atoms with E-state index in [1.54, 1.807) is 11.1 Å². The number of carbonyl (C=O) groups excluding carboxylic acids is 1. The fourth-order valence-electron chi connectivity index (χ4n) is 4.72. The molecule has 0 spiro atoms. The molecule has 0 aliphatic carbocycles. The van der Waals surface area contributed by atoms with E-state index >= 15 is 0 Å². The molecule has 2 aliphatic heterocycles. The molecule has 180 valence electrons. The number of imidazole rings is 1. The van der Waals surface area contributed by atoms with Crippen LogP contribution in [0.3, 0.4) is 0 Å². The molecule has 3 N–H and O–H groups in total. The van der Waals surface area contributed by atoms with Crippen LogP contribution in [-0.4, -0.2) is 58.4 Å². The van der Waals surface area contributed by atoms with Crippen LogP contribution in [0.4, 0.5) is 18.9 Å². The fraction of sp³-hybridized carbons (Fsp3) is 0.435. The first-order chi connectivity index (χ1) is 16.3. The molecule has 1 aromatic carbocycles. The maximum absolute atomic E-state index is 13.0. The van der Waals surface area contributed by atoms with Crippen LogP contribution in [-0.2, 0) is 4.74 Å². The summed E-state index contributed by atoms with van der Waals surface area (Å²) >= 11 is 0. The number of hydrogen-bond donors (Lipinski definition) is 2. The Morgan fingerprint density at radius 1 is 1.18 bits per heavy atom. The Hall–Kier alpha value is -3.34. The number of pyridine rings is 1. The number of fused-ring (bicyclic) bond motifs is 1. The number of amides is 1. The topological polar surface area (TPSA) is 106 Å². The molecule has 0 bridgehead atoms. The highest BCUT2D eigenvalue weighted by Crippen LogP contribution is 2.34. The highest BCUT2D eigenvalue weighted by Gasteiger charge is 2.32. The first-order valence-electron chi connectivity index (χ1n) is 11.2. The van der Waals surface area contributed by atoms with E-state index in [4.69, 9.17) is 15.5 Å². The molecule has 2 fully saturated rings. The summed E-state index contributed by atoms with van der Waals surface area (Å²) in [7, 11) is 0. The minimum absolute atomic E-state index is 0.0512. The SMILES string of the molecule is Nc1cc(OC(F)(F)F)ccc1C(=O)N1CCC(c2ccnc3[nH]c(C4CCOC4)nc23)CC1. The summed E-state index contributed by atoms with van der Waals surface area (Å²) < 4.78 is 46.6. The number of ether oxygens (including phenoxy) is 2. The van der Waals surface area contributed by atoms with Crippen LogP contribution in [0.15, 0.2) is 30.5 Å². The van der Waals surface area contributed by atoms with Gasteiger partial charge >= 0.3 is 6.36 Å². The van der Waals surface area contributed by atoms with Gasteiger partial charge in [0.15, 0.2) is 5.65 Å². The third kappa shape index (κ3) is 4.52. The standard InChI is InChI=1S/C23H24F3N5O3/c24-23(25,26)34-15-1-2-17(18(27)11-15)22(32)31-8-4-13(5-9-31)16-3-7-28-21-19(16)29-20(30-21)14-6-10-33-12-14/h1-3,7,11,13-14H,4-6,8-10,12,27H2,(H,28,29,30). The predicted octanol–water partition coefficient (Wildman–Crippen LogP) is 3.96. The molecule has 8 nitrogen and oxygen atoms in total. The summed E-state index contributed by atoms with van der Waals surface area (Å²) in [5, 5.41) is 0. The van der Waals surface area contributed by atoms with Crippen molar-refractivity contribution in [1.82, 2.24) is 19.9 Å². The number of hydrogen-bond acceptors (Lipinski definition) is 6. The number of benzene rings is 1. The van der Waals surface area contributed by atoms with Crippen LogP contribution >= 0.6 is 0 Å². The Kier molecular flexibility index (Phi) is 5.80. The van der Waals surface area contributed by atoms with Crippen molar-refractivity contribution in [3.05, 3.63) is 47.4 Å². The Bertz CT molecular complexity index is 1200. The van der Waals surface area contributed by atoms with Gasteiger partial charge in [0.2, 0.25) is 0 Å². The zero-order valence-corrected chi connectivity index (χ0v) is 18.3. The molecule has 2 aromatic heterocycles. The molecule has 2 saturated heterocycles. The number of alkyl halides is 3. The number of nitrogen functional groups attached to an aromatic ring is 1. The zero-order valence-electron chi connectivity index (χ0n) is 18.3. The van der Waals surface area contributed by atoms with E-state index in [1.807, 2.05) is 6.07 Å². The van der Waals surface area contributed by atoms with E-state index in [0.717, 1.165) is 60.6 Å². The van der Waals surface area contributed by atoms with Crippen molar-refractivity contribution < 1.29 is 27.4 Å². The third-order valence-corrected chi connectivity index (χ3v) is 6.46. The van der Waals surface area contributed by atoms with E-state index in [0.29, 0.717) is 19.7 Å². The molecule has 0 radical (unpaired) electrons. The average Bonchev–Trinajstić information content (AvgIpc) is 3.47. The number of aromatic nitrogens is 3. The lowest BCUT2D eigenvalue weighted by Crippen LogP contribution is -2.38. The second-order valence-corrected chi connectivity index (χ2v) is 8.64. The van der Waals surface area contributed by atoms with Crippen molar-refractivity contribution in [2.75, 3.05) is 32.0 Å².